The number of fused-ring (bicyclic) bond motifs is 1. The van der Waals surface area contributed by atoms with Crippen molar-refractivity contribution in [3.8, 4) is 5.75 Å². The van der Waals surface area contributed by atoms with Gasteiger partial charge in [0.2, 0.25) is 0 Å². The molecule has 10 nitrogen and oxygen atoms in total. The normalized spacial score (nSPS) is 16.6. The highest BCUT2D eigenvalue weighted by atomic mass is 16.5. The van der Waals surface area contributed by atoms with E-state index in [-0.39, 0.29) is 12.5 Å². The molecule has 10 heteroatoms. The van der Waals surface area contributed by atoms with Crippen LogP contribution < -0.4 is 15.4 Å². The third-order valence-corrected chi connectivity index (χ3v) is 7.01. The summed E-state index contributed by atoms with van der Waals surface area (Å²) in [5, 5.41) is 27.1. The molecule has 3 aromatic rings. The minimum Gasteiger partial charge on any atom is -0.487 e. The van der Waals surface area contributed by atoms with Crippen LogP contribution in [0.25, 0.3) is 0 Å². The summed E-state index contributed by atoms with van der Waals surface area (Å²) >= 11 is 0. The zero-order valence-electron chi connectivity index (χ0n) is 20.5. The van der Waals surface area contributed by atoms with Gasteiger partial charge in [0.15, 0.2) is 0 Å². The molecule has 0 bridgehead atoms. The van der Waals surface area contributed by atoms with Crippen LogP contribution >= 0.6 is 0 Å². The summed E-state index contributed by atoms with van der Waals surface area (Å²) in [6.07, 6.45) is 7.05. The molecule has 0 radical (unpaired) electrons. The molecule has 1 amide bonds. The highest BCUT2D eigenvalue weighted by Crippen LogP contribution is 2.29. The summed E-state index contributed by atoms with van der Waals surface area (Å²) in [5.74, 6) is 1.38. The van der Waals surface area contributed by atoms with E-state index in [2.05, 4.69) is 48.9 Å². The molecular weight excluding hydrogens is 458 g/mol. The molecule has 36 heavy (non-hydrogen) atoms. The summed E-state index contributed by atoms with van der Waals surface area (Å²) in [6, 6.07) is 8.02. The third kappa shape index (κ3) is 5.83. The number of hydrogen-bond donors (Lipinski definition) is 4. The molecule has 3 heterocycles. The summed E-state index contributed by atoms with van der Waals surface area (Å²) in [6.45, 7) is 4.78. The van der Waals surface area contributed by atoms with E-state index in [4.69, 9.17) is 4.74 Å². The Hall–Kier alpha value is -3.50. The first-order valence-corrected chi connectivity index (χ1v) is 12.6. The average Bonchev–Trinajstić information content (AvgIpc) is 3.38. The van der Waals surface area contributed by atoms with E-state index < -0.39 is 6.10 Å². The first kappa shape index (κ1) is 24.2. The number of nitrogens with one attached hydrogen (secondary N) is 3. The lowest BCUT2D eigenvalue weighted by atomic mass is 9.93. The monoisotopic (exact) mass is 491 g/mol. The van der Waals surface area contributed by atoms with Gasteiger partial charge in [-0.15, -0.1) is 5.10 Å². The maximum atomic E-state index is 12.6. The largest absolute Gasteiger partial charge is 0.487 e. The predicted octanol–water partition coefficient (Wildman–Crippen LogP) is 2.20. The Labute approximate surface area is 210 Å². The minimum absolute atomic E-state index is 0.199. The fourth-order valence-electron chi connectivity index (χ4n) is 4.72. The van der Waals surface area contributed by atoms with Crippen molar-refractivity contribution in [2.75, 3.05) is 25.0 Å². The van der Waals surface area contributed by atoms with Crippen molar-refractivity contribution in [2.45, 2.75) is 57.9 Å². The lowest BCUT2D eigenvalue weighted by molar-refractivity contribution is 0.0841. The quantitative estimate of drug-likeness (QED) is 0.340. The molecule has 190 valence electrons. The van der Waals surface area contributed by atoms with Crippen LogP contribution in [0.3, 0.4) is 0 Å². The van der Waals surface area contributed by atoms with Crippen molar-refractivity contribution in [2.24, 2.45) is 0 Å². The maximum absolute atomic E-state index is 12.6. The van der Waals surface area contributed by atoms with Gasteiger partial charge in [-0.2, -0.15) is 0 Å². The minimum atomic E-state index is -0.656. The second-order valence-corrected chi connectivity index (χ2v) is 9.65. The van der Waals surface area contributed by atoms with Crippen LogP contribution in [0.5, 0.6) is 5.75 Å². The van der Waals surface area contributed by atoms with Crippen molar-refractivity contribution in [1.82, 2.24) is 30.6 Å². The Kier molecular flexibility index (Phi) is 7.43. The second-order valence-electron chi connectivity index (χ2n) is 9.65. The molecule has 1 atom stereocenters. The van der Waals surface area contributed by atoms with E-state index in [1.54, 1.807) is 24.5 Å². The van der Waals surface area contributed by atoms with Gasteiger partial charge in [0.05, 0.1) is 18.0 Å². The van der Waals surface area contributed by atoms with Crippen LogP contribution in [-0.4, -0.2) is 68.1 Å². The van der Waals surface area contributed by atoms with Gasteiger partial charge in [0.1, 0.15) is 18.2 Å². The number of ether oxygens (including phenoxy) is 1. The van der Waals surface area contributed by atoms with Gasteiger partial charge in [-0.3, -0.25) is 14.8 Å². The van der Waals surface area contributed by atoms with Crippen molar-refractivity contribution >= 4 is 11.7 Å². The fourth-order valence-corrected chi connectivity index (χ4v) is 4.72. The number of carbonyl (C=O) groups is 1. The molecule has 1 aromatic carbocycles. The molecule has 1 saturated carbocycles. The number of aromatic nitrogens is 4. The highest BCUT2D eigenvalue weighted by molar-refractivity contribution is 5.94. The number of aliphatic hydroxyl groups excluding tert-OH is 1. The number of aromatic amines is 1. The molecule has 1 aliphatic carbocycles. The van der Waals surface area contributed by atoms with E-state index in [0.717, 1.165) is 55.2 Å². The van der Waals surface area contributed by atoms with E-state index in [0.29, 0.717) is 24.8 Å². The van der Waals surface area contributed by atoms with Gasteiger partial charge in [-0.05, 0) is 67.5 Å². The van der Waals surface area contributed by atoms with Crippen LogP contribution in [0.1, 0.15) is 52.0 Å². The number of aliphatic hydroxyl groups is 1. The molecule has 0 saturated heterocycles. The second kappa shape index (κ2) is 11.0. The zero-order valence-corrected chi connectivity index (χ0v) is 20.5. The number of carbonyl (C=O) groups excluding carboxylic acids is 1. The van der Waals surface area contributed by atoms with Gasteiger partial charge in [0.25, 0.3) is 5.91 Å². The molecule has 0 spiro atoms. The Morgan fingerprint density at radius 3 is 3.00 bits per heavy atom. The van der Waals surface area contributed by atoms with Gasteiger partial charge < -0.3 is 20.5 Å². The molecule has 4 N–H and O–H groups in total. The number of β-amino-alcohol motifs (C(OH)–C–C–N with tert-alkyl or cyclic N) is 1. The molecule has 1 fully saturated rings. The topological polar surface area (TPSA) is 128 Å². The lowest BCUT2D eigenvalue weighted by Gasteiger charge is -2.31. The first-order chi connectivity index (χ1) is 17.5. The van der Waals surface area contributed by atoms with Crippen molar-refractivity contribution in [3.05, 3.63) is 64.6 Å². The third-order valence-electron chi connectivity index (χ3n) is 7.01. The van der Waals surface area contributed by atoms with E-state index in [9.17, 15) is 9.90 Å². The Morgan fingerprint density at radius 1 is 1.33 bits per heavy atom. The van der Waals surface area contributed by atoms with E-state index >= 15 is 0 Å². The molecule has 1 aliphatic heterocycles. The van der Waals surface area contributed by atoms with E-state index in [1.165, 1.54) is 17.5 Å². The van der Waals surface area contributed by atoms with Crippen molar-refractivity contribution in [1.29, 1.82) is 0 Å². The number of hydrogen-bond acceptors (Lipinski definition) is 8. The summed E-state index contributed by atoms with van der Waals surface area (Å²) in [7, 11) is 0. The molecule has 2 aliphatic rings. The number of anilines is 1. The molecule has 1 unspecified atom stereocenters. The number of H-pyrrole nitrogens is 1. The number of amides is 1. The van der Waals surface area contributed by atoms with Crippen molar-refractivity contribution in [3.63, 3.8) is 0 Å². The van der Waals surface area contributed by atoms with Crippen LogP contribution in [0.4, 0.5) is 5.82 Å². The highest BCUT2D eigenvalue weighted by Gasteiger charge is 2.22. The zero-order chi connectivity index (χ0) is 24.9. The average molecular weight is 492 g/mol. The maximum Gasteiger partial charge on any atom is 0.251 e. The van der Waals surface area contributed by atoms with Gasteiger partial charge in [-0.1, -0.05) is 11.3 Å². The SMILES string of the molecule is Cc1c(OCc2cnn[nH]2)ccc2c1CCN(CC(O)CNC(=O)c1ccnc(NC3CCC3)c1)C2. The Morgan fingerprint density at radius 2 is 2.22 bits per heavy atom. The van der Waals surface area contributed by atoms with Crippen LogP contribution in [-0.2, 0) is 19.6 Å². The molecular formula is C26H33N7O3. The van der Waals surface area contributed by atoms with Gasteiger partial charge in [-0.25, -0.2) is 4.98 Å². The predicted molar refractivity (Wildman–Crippen MR) is 135 cm³/mol. The van der Waals surface area contributed by atoms with Crippen LogP contribution in [0.2, 0.25) is 0 Å². The molecule has 2 aromatic heterocycles. The smallest absolute Gasteiger partial charge is 0.251 e. The van der Waals surface area contributed by atoms with Gasteiger partial charge in [0, 0.05) is 44.0 Å². The first-order valence-electron chi connectivity index (χ1n) is 12.6. The van der Waals surface area contributed by atoms with Gasteiger partial charge >= 0.3 is 0 Å². The summed E-state index contributed by atoms with van der Waals surface area (Å²) < 4.78 is 5.95. The standard InChI is InChI=1S/C26H33N7O3/c1-17-23-8-10-33(14-19(23)5-6-24(17)36-16-21-12-29-32-31-21)15-22(34)13-28-26(35)18-7-9-27-25(11-18)30-20-3-2-4-20/h5-7,9,11-12,20,22,34H,2-4,8,10,13-16H2,1H3,(H,27,30)(H,28,35)(H,29,31,32). The number of benzene rings is 1. The van der Waals surface area contributed by atoms with Crippen molar-refractivity contribution < 1.29 is 14.6 Å². The number of nitrogens with zero attached hydrogens (tertiary/aromatic N) is 4. The van der Waals surface area contributed by atoms with Crippen LogP contribution in [0, 0.1) is 6.92 Å². The van der Waals surface area contributed by atoms with E-state index in [1.807, 2.05) is 6.07 Å². The number of rotatable bonds is 10. The Bertz CT molecular complexity index is 1180. The summed E-state index contributed by atoms with van der Waals surface area (Å²) in [5.41, 5.74) is 5.07. The summed E-state index contributed by atoms with van der Waals surface area (Å²) in [4.78, 5) is 19.1. The van der Waals surface area contributed by atoms with Crippen LogP contribution in [0.15, 0.2) is 36.7 Å². The molecule has 5 rings (SSSR count). The fraction of sp³-hybridized carbons (Fsp3) is 0.462. The lowest BCUT2D eigenvalue weighted by Crippen LogP contribution is -2.42. The Balaban J connectivity index is 1.10. The number of pyridine rings is 1.